The molecule has 4 nitrogen and oxygen atoms in total. The molecule has 1 aliphatic heterocycles. The molecule has 18 heavy (non-hydrogen) atoms. The summed E-state index contributed by atoms with van der Waals surface area (Å²) < 4.78 is 31.6. The van der Waals surface area contributed by atoms with Gasteiger partial charge in [-0.25, -0.2) is 13.6 Å². The number of urea groups is 1. The molecule has 1 heterocycles. The minimum absolute atomic E-state index is 0.0766. The minimum atomic E-state index is -0.834. The topological polar surface area (TPSA) is 50.4 Å². The van der Waals surface area contributed by atoms with Crippen LogP contribution in [0.15, 0.2) is 16.6 Å². The maximum Gasteiger partial charge on any atom is 0.319 e. The van der Waals surface area contributed by atoms with Gasteiger partial charge in [-0.05, 0) is 28.4 Å². The summed E-state index contributed by atoms with van der Waals surface area (Å²) in [6.07, 6.45) is 0.723. The van der Waals surface area contributed by atoms with E-state index in [0.29, 0.717) is 19.3 Å². The maximum absolute atomic E-state index is 13.4. The number of amides is 2. The molecule has 1 aromatic rings. The van der Waals surface area contributed by atoms with Crippen molar-refractivity contribution >= 4 is 27.6 Å². The van der Waals surface area contributed by atoms with Crippen molar-refractivity contribution in [1.29, 1.82) is 0 Å². The number of carbonyl (C=O) groups excluding carboxylic acids is 1. The Labute approximate surface area is 111 Å². The van der Waals surface area contributed by atoms with E-state index in [1.165, 1.54) is 0 Å². The van der Waals surface area contributed by atoms with Gasteiger partial charge in [-0.15, -0.1) is 0 Å². The lowest BCUT2D eigenvalue weighted by Gasteiger charge is -2.13. The molecular formula is C11H11BrF2N2O2. The van der Waals surface area contributed by atoms with E-state index in [2.05, 4.69) is 26.6 Å². The molecule has 7 heteroatoms. The molecule has 1 unspecified atom stereocenters. The highest BCUT2D eigenvalue weighted by atomic mass is 79.9. The molecule has 0 aromatic heterocycles. The van der Waals surface area contributed by atoms with Gasteiger partial charge in [0.1, 0.15) is 5.82 Å². The number of carbonyl (C=O) groups is 1. The van der Waals surface area contributed by atoms with Gasteiger partial charge in [0, 0.05) is 17.1 Å². The van der Waals surface area contributed by atoms with Crippen LogP contribution < -0.4 is 10.6 Å². The van der Waals surface area contributed by atoms with Crippen LogP contribution in [-0.4, -0.2) is 25.3 Å². The van der Waals surface area contributed by atoms with Gasteiger partial charge in [0.2, 0.25) is 0 Å². The fourth-order valence-corrected chi connectivity index (χ4v) is 2.15. The molecule has 1 fully saturated rings. The quantitative estimate of drug-likeness (QED) is 0.880. The summed E-state index contributed by atoms with van der Waals surface area (Å²) in [4.78, 5) is 11.6. The van der Waals surface area contributed by atoms with Gasteiger partial charge in [-0.2, -0.15) is 0 Å². The first-order chi connectivity index (χ1) is 8.56. The van der Waals surface area contributed by atoms with Gasteiger partial charge < -0.3 is 15.4 Å². The standard InChI is InChI=1S/C11H11BrF2N2O2/c12-8-3-6(13)4-9(14)10(8)16-11(17)15-7-1-2-18-5-7/h3-4,7H,1-2,5H2,(H2,15,16,17). The predicted octanol–water partition coefficient (Wildman–Crippen LogP) is 2.64. The molecule has 1 aromatic carbocycles. The zero-order valence-corrected chi connectivity index (χ0v) is 10.9. The molecular weight excluding hydrogens is 310 g/mol. The summed E-state index contributed by atoms with van der Waals surface area (Å²) in [7, 11) is 0. The second kappa shape index (κ2) is 5.62. The van der Waals surface area contributed by atoms with Crippen molar-refractivity contribution in [2.45, 2.75) is 12.5 Å². The number of benzene rings is 1. The number of rotatable bonds is 2. The molecule has 1 atom stereocenters. The normalized spacial score (nSPS) is 18.7. The molecule has 0 spiro atoms. The van der Waals surface area contributed by atoms with E-state index in [-0.39, 0.29) is 16.2 Å². The van der Waals surface area contributed by atoms with E-state index < -0.39 is 17.7 Å². The molecule has 98 valence electrons. The van der Waals surface area contributed by atoms with Crippen LogP contribution in [0.5, 0.6) is 0 Å². The van der Waals surface area contributed by atoms with E-state index in [1.54, 1.807) is 0 Å². The van der Waals surface area contributed by atoms with Gasteiger partial charge in [0.15, 0.2) is 5.82 Å². The highest BCUT2D eigenvalue weighted by molar-refractivity contribution is 9.10. The molecule has 0 bridgehead atoms. The number of ether oxygens (including phenoxy) is 1. The van der Waals surface area contributed by atoms with E-state index in [0.717, 1.165) is 12.5 Å². The van der Waals surface area contributed by atoms with Crippen LogP contribution in [0.4, 0.5) is 19.3 Å². The molecule has 1 aliphatic rings. The van der Waals surface area contributed by atoms with Crippen molar-refractivity contribution in [3.8, 4) is 0 Å². The largest absolute Gasteiger partial charge is 0.379 e. The van der Waals surface area contributed by atoms with Crippen LogP contribution in [-0.2, 0) is 4.74 Å². The van der Waals surface area contributed by atoms with E-state index in [1.807, 2.05) is 0 Å². The lowest BCUT2D eigenvalue weighted by Crippen LogP contribution is -2.38. The minimum Gasteiger partial charge on any atom is -0.379 e. The maximum atomic E-state index is 13.4. The van der Waals surface area contributed by atoms with Crippen molar-refractivity contribution in [2.24, 2.45) is 0 Å². The van der Waals surface area contributed by atoms with Crippen molar-refractivity contribution in [2.75, 3.05) is 18.5 Å². The Bertz CT molecular complexity index is 441. The zero-order valence-electron chi connectivity index (χ0n) is 9.30. The predicted molar refractivity (Wildman–Crippen MR) is 65.4 cm³/mol. The Kier molecular flexibility index (Phi) is 4.13. The summed E-state index contributed by atoms with van der Waals surface area (Å²) in [5.74, 6) is -1.55. The van der Waals surface area contributed by atoms with E-state index >= 15 is 0 Å². The highest BCUT2D eigenvalue weighted by Crippen LogP contribution is 2.26. The fourth-order valence-electron chi connectivity index (χ4n) is 1.64. The number of hydrogen-bond donors (Lipinski definition) is 2. The van der Waals surface area contributed by atoms with E-state index in [4.69, 9.17) is 4.74 Å². The second-order valence-corrected chi connectivity index (χ2v) is 4.76. The lowest BCUT2D eigenvalue weighted by atomic mass is 10.2. The summed E-state index contributed by atoms with van der Waals surface area (Å²) in [6.45, 7) is 1.04. The molecule has 2 N–H and O–H groups in total. The van der Waals surface area contributed by atoms with E-state index in [9.17, 15) is 13.6 Å². The molecule has 0 aliphatic carbocycles. The summed E-state index contributed by atoms with van der Waals surface area (Å²) in [5.41, 5.74) is -0.0900. The van der Waals surface area contributed by atoms with Crippen molar-refractivity contribution in [1.82, 2.24) is 5.32 Å². The first-order valence-corrected chi connectivity index (χ1v) is 6.15. The Morgan fingerprint density at radius 3 is 2.83 bits per heavy atom. The molecule has 2 rings (SSSR count). The van der Waals surface area contributed by atoms with Crippen LogP contribution in [0.2, 0.25) is 0 Å². The first kappa shape index (κ1) is 13.2. The first-order valence-electron chi connectivity index (χ1n) is 5.36. The summed E-state index contributed by atoms with van der Waals surface area (Å²) >= 11 is 2.99. The average Bonchev–Trinajstić information content (AvgIpc) is 2.76. The number of nitrogens with one attached hydrogen (secondary N) is 2. The molecule has 2 amide bonds. The molecule has 0 saturated carbocycles. The number of halogens is 3. The smallest absolute Gasteiger partial charge is 0.319 e. The summed E-state index contributed by atoms with van der Waals surface area (Å²) in [6, 6.07) is 1.17. The number of hydrogen-bond acceptors (Lipinski definition) is 2. The summed E-state index contributed by atoms with van der Waals surface area (Å²) in [5, 5.41) is 4.98. The highest BCUT2D eigenvalue weighted by Gasteiger charge is 2.19. The second-order valence-electron chi connectivity index (χ2n) is 3.90. The van der Waals surface area contributed by atoms with Crippen LogP contribution in [0.3, 0.4) is 0 Å². The Morgan fingerprint density at radius 1 is 1.44 bits per heavy atom. The lowest BCUT2D eigenvalue weighted by molar-refractivity contribution is 0.189. The Morgan fingerprint density at radius 2 is 2.22 bits per heavy atom. The van der Waals surface area contributed by atoms with Crippen LogP contribution in [0.1, 0.15) is 6.42 Å². The third-order valence-corrected chi connectivity index (χ3v) is 3.14. The van der Waals surface area contributed by atoms with Gasteiger partial charge in [-0.3, -0.25) is 0 Å². The number of anilines is 1. The van der Waals surface area contributed by atoms with Gasteiger partial charge >= 0.3 is 6.03 Å². The molecule has 0 radical (unpaired) electrons. The third kappa shape index (κ3) is 3.17. The SMILES string of the molecule is O=C(Nc1c(F)cc(F)cc1Br)NC1CCOC1. The van der Waals surface area contributed by atoms with Gasteiger partial charge in [0.25, 0.3) is 0 Å². The van der Waals surface area contributed by atoms with Gasteiger partial charge in [-0.1, -0.05) is 0 Å². The Hall–Kier alpha value is -1.21. The van der Waals surface area contributed by atoms with Crippen molar-refractivity contribution in [3.63, 3.8) is 0 Å². The van der Waals surface area contributed by atoms with Crippen LogP contribution in [0.25, 0.3) is 0 Å². The monoisotopic (exact) mass is 320 g/mol. The molecule has 1 saturated heterocycles. The van der Waals surface area contributed by atoms with Crippen molar-refractivity contribution < 1.29 is 18.3 Å². The fraction of sp³-hybridized carbons (Fsp3) is 0.364. The van der Waals surface area contributed by atoms with Crippen LogP contribution in [0, 0.1) is 11.6 Å². The Balaban J connectivity index is 2.02. The average molecular weight is 321 g/mol. The van der Waals surface area contributed by atoms with Crippen LogP contribution >= 0.6 is 15.9 Å². The third-order valence-electron chi connectivity index (χ3n) is 2.51. The van der Waals surface area contributed by atoms with Crippen molar-refractivity contribution in [3.05, 3.63) is 28.2 Å². The van der Waals surface area contributed by atoms with Gasteiger partial charge in [0.05, 0.1) is 18.3 Å². The zero-order chi connectivity index (χ0) is 13.1.